The predicted octanol–water partition coefficient (Wildman–Crippen LogP) is 3.48. The molecule has 0 N–H and O–H groups in total. The Morgan fingerprint density at radius 1 is 1.25 bits per heavy atom. The molecule has 4 nitrogen and oxygen atoms in total. The first-order valence-corrected chi connectivity index (χ1v) is 8.54. The van der Waals surface area contributed by atoms with Gasteiger partial charge in [-0.05, 0) is 43.0 Å². The van der Waals surface area contributed by atoms with Crippen LogP contribution in [0.4, 0.5) is 5.82 Å². The predicted molar refractivity (Wildman–Crippen MR) is 97.6 cm³/mol. The van der Waals surface area contributed by atoms with Gasteiger partial charge < -0.3 is 9.80 Å². The molecule has 0 saturated carbocycles. The molecule has 0 unspecified atom stereocenters. The second kappa shape index (κ2) is 7.04. The van der Waals surface area contributed by atoms with Crippen molar-refractivity contribution in [2.75, 3.05) is 32.1 Å². The number of hydrogen-bond donors (Lipinski definition) is 0. The van der Waals surface area contributed by atoms with E-state index < -0.39 is 0 Å². The number of nitrogens with zero attached hydrogens (tertiary/aromatic N) is 3. The van der Waals surface area contributed by atoms with Gasteiger partial charge in [0.1, 0.15) is 5.82 Å². The fourth-order valence-electron chi connectivity index (χ4n) is 3.44. The van der Waals surface area contributed by atoms with Gasteiger partial charge in [0.05, 0.1) is 0 Å². The highest BCUT2D eigenvalue weighted by atomic mass is 16.2. The maximum atomic E-state index is 12.9. The molecule has 3 rings (SSSR count). The molecule has 1 fully saturated rings. The number of carbonyl (C=O) groups excluding carboxylic acids is 1. The maximum Gasteiger partial charge on any atom is 0.254 e. The lowest BCUT2D eigenvalue weighted by Gasteiger charge is -2.34. The zero-order valence-corrected chi connectivity index (χ0v) is 14.7. The van der Waals surface area contributed by atoms with Gasteiger partial charge in [0, 0.05) is 44.9 Å². The summed E-state index contributed by atoms with van der Waals surface area (Å²) in [6, 6.07) is 12.2. The van der Waals surface area contributed by atoms with Crippen molar-refractivity contribution in [2.45, 2.75) is 25.7 Å². The van der Waals surface area contributed by atoms with Crippen molar-refractivity contribution >= 4 is 11.7 Å². The van der Waals surface area contributed by atoms with Gasteiger partial charge in [0.2, 0.25) is 0 Å². The summed E-state index contributed by atoms with van der Waals surface area (Å²) in [4.78, 5) is 21.1. The third-order valence-electron chi connectivity index (χ3n) is 4.79. The van der Waals surface area contributed by atoms with E-state index in [1.165, 1.54) is 11.1 Å². The van der Waals surface area contributed by atoms with Crippen molar-refractivity contribution < 1.29 is 4.79 Å². The molecule has 0 spiro atoms. The number of piperidine rings is 1. The van der Waals surface area contributed by atoms with E-state index in [4.69, 9.17) is 0 Å². The molecule has 1 saturated heterocycles. The van der Waals surface area contributed by atoms with Crippen molar-refractivity contribution in [1.82, 2.24) is 9.88 Å². The van der Waals surface area contributed by atoms with Crippen molar-refractivity contribution in [2.24, 2.45) is 0 Å². The number of anilines is 1. The van der Waals surface area contributed by atoms with E-state index in [0.717, 1.165) is 37.3 Å². The number of hydrogen-bond acceptors (Lipinski definition) is 3. The number of carbonyl (C=O) groups is 1. The quantitative estimate of drug-likeness (QED) is 0.868. The molecule has 126 valence electrons. The van der Waals surface area contributed by atoms with E-state index in [1.54, 1.807) is 6.20 Å². The summed E-state index contributed by atoms with van der Waals surface area (Å²) in [7, 11) is 3.87. The number of benzene rings is 1. The van der Waals surface area contributed by atoms with E-state index in [0.29, 0.717) is 5.92 Å². The lowest BCUT2D eigenvalue weighted by atomic mass is 9.88. The first-order valence-electron chi connectivity index (χ1n) is 8.54. The van der Waals surface area contributed by atoms with Crippen LogP contribution in [0.3, 0.4) is 0 Å². The molecule has 4 heteroatoms. The SMILES string of the molecule is Cc1ccccc1[C@H]1CCCN(C(=O)c2ccnc(N(C)C)c2)C1. The topological polar surface area (TPSA) is 36.4 Å². The monoisotopic (exact) mass is 323 g/mol. The summed E-state index contributed by atoms with van der Waals surface area (Å²) in [5, 5.41) is 0. The Bertz CT molecular complexity index is 726. The number of rotatable bonds is 3. The van der Waals surface area contributed by atoms with Crippen LogP contribution in [-0.4, -0.2) is 43.0 Å². The van der Waals surface area contributed by atoms with Gasteiger partial charge in [-0.15, -0.1) is 0 Å². The average molecular weight is 323 g/mol. The van der Waals surface area contributed by atoms with Gasteiger partial charge in [-0.2, -0.15) is 0 Å². The highest BCUT2D eigenvalue weighted by Gasteiger charge is 2.26. The molecule has 1 aliphatic heterocycles. The lowest BCUT2D eigenvalue weighted by molar-refractivity contribution is 0.0707. The Kier molecular flexibility index (Phi) is 4.84. The van der Waals surface area contributed by atoms with Crippen LogP contribution in [0.25, 0.3) is 0 Å². The minimum atomic E-state index is 0.110. The van der Waals surface area contributed by atoms with Crippen molar-refractivity contribution in [3.8, 4) is 0 Å². The summed E-state index contributed by atoms with van der Waals surface area (Å²) < 4.78 is 0. The Hall–Kier alpha value is -2.36. The van der Waals surface area contributed by atoms with E-state index in [9.17, 15) is 4.79 Å². The Balaban J connectivity index is 1.78. The minimum absolute atomic E-state index is 0.110. The summed E-state index contributed by atoms with van der Waals surface area (Å²) in [6.45, 7) is 3.78. The first kappa shape index (κ1) is 16.5. The summed E-state index contributed by atoms with van der Waals surface area (Å²) in [5.41, 5.74) is 3.41. The van der Waals surface area contributed by atoms with Crippen LogP contribution in [0.15, 0.2) is 42.6 Å². The number of aryl methyl sites for hydroxylation is 1. The van der Waals surface area contributed by atoms with E-state index in [1.807, 2.05) is 36.0 Å². The number of likely N-dealkylation sites (tertiary alicyclic amines) is 1. The van der Waals surface area contributed by atoms with Crippen LogP contribution in [0, 0.1) is 6.92 Å². The molecular formula is C20H25N3O. The highest BCUT2D eigenvalue weighted by molar-refractivity contribution is 5.95. The van der Waals surface area contributed by atoms with Crippen molar-refractivity contribution in [1.29, 1.82) is 0 Å². The molecule has 2 aromatic rings. The number of aromatic nitrogens is 1. The summed E-state index contributed by atoms with van der Waals surface area (Å²) in [5.74, 6) is 1.35. The molecule has 0 bridgehead atoms. The first-order chi connectivity index (χ1) is 11.6. The standard InChI is InChI=1S/C20H25N3O/c1-15-7-4-5-9-18(15)17-8-6-12-23(14-17)20(24)16-10-11-21-19(13-16)22(2)3/h4-5,7,9-11,13,17H,6,8,12,14H2,1-3H3/t17-/m0/s1. The zero-order chi connectivity index (χ0) is 17.1. The van der Waals surface area contributed by atoms with Gasteiger partial charge in [-0.25, -0.2) is 4.98 Å². The Morgan fingerprint density at radius 3 is 2.79 bits per heavy atom. The Morgan fingerprint density at radius 2 is 2.04 bits per heavy atom. The van der Waals surface area contributed by atoms with Crippen LogP contribution in [0.5, 0.6) is 0 Å². The fourth-order valence-corrected chi connectivity index (χ4v) is 3.44. The van der Waals surface area contributed by atoms with Gasteiger partial charge in [0.15, 0.2) is 0 Å². The third-order valence-corrected chi connectivity index (χ3v) is 4.79. The minimum Gasteiger partial charge on any atom is -0.363 e. The average Bonchev–Trinajstić information content (AvgIpc) is 2.61. The highest BCUT2D eigenvalue weighted by Crippen LogP contribution is 2.29. The molecular weight excluding hydrogens is 298 g/mol. The zero-order valence-electron chi connectivity index (χ0n) is 14.7. The summed E-state index contributed by atoms with van der Waals surface area (Å²) in [6.07, 6.45) is 3.91. The van der Waals surface area contributed by atoms with Crippen LogP contribution < -0.4 is 4.90 Å². The Labute approximate surface area is 144 Å². The third kappa shape index (κ3) is 3.42. The van der Waals surface area contributed by atoms with Gasteiger partial charge >= 0.3 is 0 Å². The molecule has 0 radical (unpaired) electrons. The van der Waals surface area contributed by atoms with Gasteiger partial charge in [0.25, 0.3) is 5.91 Å². The van der Waals surface area contributed by atoms with Crippen molar-refractivity contribution in [3.63, 3.8) is 0 Å². The molecule has 1 aromatic heterocycles. The van der Waals surface area contributed by atoms with Gasteiger partial charge in [-0.1, -0.05) is 24.3 Å². The largest absolute Gasteiger partial charge is 0.363 e. The maximum absolute atomic E-state index is 12.9. The molecule has 1 aromatic carbocycles. The molecule has 2 heterocycles. The molecule has 0 aliphatic carbocycles. The number of amides is 1. The second-order valence-corrected chi connectivity index (χ2v) is 6.74. The molecule has 1 atom stereocenters. The van der Waals surface area contributed by atoms with Crippen molar-refractivity contribution in [3.05, 3.63) is 59.3 Å². The van der Waals surface area contributed by atoms with Crippen LogP contribution in [0.1, 0.15) is 40.2 Å². The molecule has 1 aliphatic rings. The molecule has 24 heavy (non-hydrogen) atoms. The molecule has 1 amide bonds. The van der Waals surface area contributed by atoms with E-state index in [-0.39, 0.29) is 5.91 Å². The normalized spacial score (nSPS) is 17.6. The van der Waals surface area contributed by atoms with Crippen LogP contribution in [0.2, 0.25) is 0 Å². The smallest absolute Gasteiger partial charge is 0.254 e. The lowest BCUT2D eigenvalue weighted by Crippen LogP contribution is -2.39. The number of pyridine rings is 1. The second-order valence-electron chi connectivity index (χ2n) is 6.74. The fraction of sp³-hybridized carbons (Fsp3) is 0.400. The van der Waals surface area contributed by atoms with E-state index in [2.05, 4.69) is 36.2 Å². The van der Waals surface area contributed by atoms with Crippen LogP contribution >= 0.6 is 0 Å². The summed E-state index contributed by atoms with van der Waals surface area (Å²) >= 11 is 0. The van der Waals surface area contributed by atoms with Gasteiger partial charge in [-0.3, -0.25) is 4.79 Å². The van der Waals surface area contributed by atoms with Crippen LogP contribution in [-0.2, 0) is 0 Å². The van der Waals surface area contributed by atoms with E-state index >= 15 is 0 Å².